The summed E-state index contributed by atoms with van der Waals surface area (Å²) in [6.45, 7) is 4.36. The number of fused-ring (bicyclic) bond motifs is 1. The fraction of sp³-hybridized carbons (Fsp3) is 0.429. The van der Waals surface area contributed by atoms with E-state index in [1.165, 1.54) is 16.7 Å². The van der Waals surface area contributed by atoms with Gasteiger partial charge in [0.25, 0.3) is 0 Å². The predicted molar refractivity (Wildman–Crippen MR) is 67.5 cm³/mol. The van der Waals surface area contributed by atoms with Crippen LogP contribution in [0.3, 0.4) is 0 Å². The minimum absolute atomic E-state index is 0.0217. The molecule has 1 aliphatic carbocycles. The van der Waals surface area contributed by atoms with Crippen LogP contribution in [0.5, 0.6) is 5.75 Å². The van der Waals surface area contributed by atoms with Crippen LogP contribution in [0.4, 0.5) is 0 Å². The molecule has 16 heavy (non-hydrogen) atoms. The van der Waals surface area contributed by atoms with Crippen LogP contribution in [-0.2, 0) is 6.42 Å². The molecule has 0 unspecified atom stereocenters. The summed E-state index contributed by atoms with van der Waals surface area (Å²) in [6, 6.07) is 5.67. The van der Waals surface area contributed by atoms with Crippen molar-refractivity contribution in [3.8, 4) is 5.75 Å². The fourth-order valence-electron chi connectivity index (χ4n) is 2.26. The van der Waals surface area contributed by atoms with Crippen molar-refractivity contribution in [1.29, 1.82) is 0 Å². The highest BCUT2D eigenvalue weighted by molar-refractivity contribution is 5.76. The number of phenolic OH excluding ortho intramolecular Hbond substituents is 1. The van der Waals surface area contributed by atoms with E-state index in [2.05, 4.69) is 25.2 Å². The lowest BCUT2D eigenvalue weighted by Gasteiger charge is -2.31. The Balaban J connectivity index is 2.49. The molecule has 2 heteroatoms. The first-order valence-corrected chi connectivity index (χ1v) is 5.76. The molecule has 2 rings (SSSR count). The number of phenols is 1. The molecule has 86 valence electrons. The average molecular weight is 217 g/mol. The highest BCUT2D eigenvalue weighted by Gasteiger charge is 2.25. The second-order valence-electron chi connectivity index (χ2n) is 4.87. The van der Waals surface area contributed by atoms with Crippen molar-refractivity contribution >= 4 is 5.57 Å². The number of hydrogen-bond donors (Lipinski definition) is 2. The molecule has 0 aliphatic heterocycles. The minimum atomic E-state index is -0.0217. The molecular formula is C14H19NO. The highest BCUT2D eigenvalue weighted by atomic mass is 16.3. The van der Waals surface area contributed by atoms with E-state index < -0.39 is 0 Å². The smallest absolute Gasteiger partial charge is 0.115 e. The van der Waals surface area contributed by atoms with E-state index in [9.17, 15) is 5.11 Å². The Morgan fingerprint density at radius 1 is 1.31 bits per heavy atom. The monoisotopic (exact) mass is 217 g/mol. The van der Waals surface area contributed by atoms with Gasteiger partial charge in [0.15, 0.2) is 0 Å². The first-order valence-electron chi connectivity index (χ1n) is 5.76. The summed E-state index contributed by atoms with van der Waals surface area (Å²) >= 11 is 0. The maximum Gasteiger partial charge on any atom is 0.115 e. The number of nitrogens with one attached hydrogen (secondary N) is 1. The number of aryl methyl sites for hydroxylation is 1. The van der Waals surface area contributed by atoms with Gasteiger partial charge in [-0.2, -0.15) is 0 Å². The van der Waals surface area contributed by atoms with Gasteiger partial charge in [0.1, 0.15) is 5.75 Å². The Morgan fingerprint density at radius 3 is 2.75 bits per heavy atom. The second kappa shape index (κ2) is 3.95. The van der Waals surface area contributed by atoms with Gasteiger partial charge < -0.3 is 10.4 Å². The topological polar surface area (TPSA) is 32.3 Å². The predicted octanol–water partition coefficient (Wildman–Crippen LogP) is 2.72. The van der Waals surface area contributed by atoms with Crippen molar-refractivity contribution in [3.05, 3.63) is 35.4 Å². The molecule has 0 amide bonds. The number of hydrogen-bond acceptors (Lipinski definition) is 2. The molecule has 0 saturated heterocycles. The standard InChI is InChI=1S/C14H19NO/c1-14(2,15-3)13-6-4-5-10-9-11(16)7-8-12(10)13/h6-9,15-16H,4-5H2,1-3H3. The zero-order chi connectivity index (χ0) is 11.8. The van der Waals surface area contributed by atoms with Crippen molar-refractivity contribution in [2.24, 2.45) is 0 Å². The zero-order valence-corrected chi connectivity index (χ0v) is 10.2. The molecular weight excluding hydrogens is 198 g/mol. The van der Waals surface area contributed by atoms with E-state index >= 15 is 0 Å². The van der Waals surface area contributed by atoms with Crippen molar-refractivity contribution < 1.29 is 5.11 Å². The molecule has 0 radical (unpaired) electrons. The molecule has 1 aromatic carbocycles. The van der Waals surface area contributed by atoms with Crippen LogP contribution in [0.1, 0.15) is 31.4 Å². The summed E-state index contributed by atoms with van der Waals surface area (Å²) in [6.07, 6.45) is 4.37. The van der Waals surface area contributed by atoms with E-state index in [-0.39, 0.29) is 5.54 Å². The van der Waals surface area contributed by atoms with Gasteiger partial charge in [-0.1, -0.05) is 12.1 Å². The van der Waals surface area contributed by atoms with Crippen molar-refractivity contribution in [1.82, 2.24) is 5.32 Å². The Labute approximate surface area is 97.0 Å². The molecule has 0 atom stereocenters. The Morgan fingerprint density at radius 2 is 2.06 bits per heavy atom. The quantitative estimate of drug-likeness (QED) is 0.798. The minimum Gasteiger partial charge on any atom is -0.508 e. The molecule has 0 fully saturated rings. The summed E-state index contributed by atoms with van der Waals surface area (Å²) in [5, 5.41) is 12.8. The lowest BCUT2D eigenvalue weighted by molar-refractivity contribution is 0.474. The zero-order valence-electron chi connectivity index (χ0n) is 10.2. The lowest BCUT2D eigenvalue weighted by Crippen LogP contribution is -2.38. The highest BCUT2D eigenvalue weighted by Crippen LogP contribution is 2.35. The third-order valence-electron chi connectivity index (χ3n) is 3.44. The molecule has 2 N–H and O–H groups in total. The van der Waals surface area contributed by atoms with Gasteiger partial charge in [-0.15, -0.1) is 0 Å². The van der Waals surface area contributed by atoms with Crippen molar-refractivity contribution in [2.45, 2.75) is 32.2 Å². The van der Waals surface area contributed by atoms with Crippen LogP contribution < -0.4 is 5.32 Å². The van der Waals surface area contributed by atoms with Gasteiger partial charge in [-0.05, 0) is 62.6 Å². The van der Waals surface area contributed by atoms with E-state index in [0.717, 1.165) is 12.8 Å². The van der Waals surface area contributed by atoms with Crippen LogP contribution >= 0.6 is 0 Å². The van der Waals surface area contributed by atoms with Crippen LogP contribution in [0.15, 0.2) is 24.3 Å². The molecule has 0 saturated carbocycles. The van der Waals surface area contributed by atoms with Gasteiger partial charge in [0, 0.05) is 5.54 Å². The maximum atomic E-state index is 9.50. The van der Waals surface area contributed by atoms with E-state index in [1.54, 1.807) is 6.07 Å². The van der Waals surface area contributed by atoms with Gasteiger partial charge in [-0.25, -0.2) is 0 Å². The van der Waals surface area contributed by atoms with Crippen molar-refractivity contribution in [3.63, 3.8) is 0 Å². The molecule has 0 aromatic heterocycles. The van der Waals surface area contributed by atoms with Gasteiger partial charge in [0.2, 0.25) is 0 Å². The van der Waals surface area contributed by atoms with Crippen LogP contribution in [-0.4, -0.2) is 17.7 Å². The Bertz CT molecular complexity index is 432. The average Bonchev–Trinajstić information content (AvgIpc) is 2.27. The lowest BCUT2D eigenvalue weighted by atomic mass is 9.81. The largest absolute Gasteiger partial charge is 0.508 e. The van der Waals surface area contributed by atoms with E-state index in [4.69, 9.17) is 0 Å². The second-order valence-corrected chi connectivity index (χ2v) is 4.87. The van der Waals surface area contributed by atoms with Crippen LogP contribution in [0, 0.1) is 0 Å². The van der Waals surface area contributed by atoms with Gasteiger partial charge in [-0.3, -0.25) is 0 Å². The number of benzene rings is 1. The first-order chi connectivity index (χ1) is 7.54. The third-order valence-corrected chi connectivity index (χ3v) is 3.44. The molecule has 1 aromatic rings. The summed E-state index contributed by atoms with van der Waals surface area (Å²) in [4.78, 5) is 0. The number of allylic oxidation sites excluding steroid dienone is 1. The van der Waals surface area contributed by atoms with E-state index in [1.807, 2.05) is 19.2 Å². The molecule has 1 aliphatic rings. The third kappa shape index (κ3) is 1.85. The molecule has 2 nitrogen and oxygen atoms in total. The summed E-state index contributed by atoms with van der Waals surface area (Å²) in [5.74, 6) is 0.363. The Hall–Kier alpha value is -1.28. The van der Waals surface area contributed by atoms with Crippen LogP contribution in [0.25, 0.3) is 5.57 Å². The SMILES string of the molecule is CNC(C)(C)C1=CCCc2cc(O)ccc21. The summed E-state index contributed by atoms with van der Waals surface area (Å²) < 4.78 is 0. The van der Waals surface area contributed by atoms with Gasteiger partial charge in [0.05, 0.1) is 0 Å². The molecule has 0 spiro atoms. The fourth-order valence-corrected chi connectivity index (χ4v) is 2.26. The normalized spacial score (nSPS) is 15.6. The molecule has 0 bridgehead atoms. The van der Waals surface area contributed by atoms with Gasteiger partial charge >= 0.3 is 0 Å². The number of likely N-dealkylation sites (N-methyl/N-ethyl adjacent to an activating group) is 1. The summed E-state index contributed by atoms with van der Waals surface area (Å²) in [5.41, 5.74) is 3.83. The van der Waals surface area contributed by atoms with Crippen LogP contribution in [0.2, 0.25) is 0 Å². The number of aromatic hydroxyl groups is 1. The maximum absolute atomic E-state index is 9.50. The van der Waals surface area contributed by atoms with Crippen molar-refractivity contribution in [2.75, 3.05) is 7.05 Å². The first kappa shape index (κ1) is 11.2. The summed E-state index contributed by atoms with van der Waals surface area (Å²) in [7, 11) is 1.98. The molecule has 0 heterocycles. The van der Waals surface area contributed by atoms with E-state index in [0.29, 0.717) is 5.75 Å². The number of rotatable bonds is 2. The Kier molecular flexibility index (Phi) is 2.76.